The zero-order valence-corrected chi connectivity index (χ0v) is 17.6. The number of carbonyl (C=O) groups excluding carboxylic acids is 1. The topological polar surface area (TPSA) is 98.7 Å². The smallest absolute Gasteiger partial charge is 0.317 e. The molecule has 0 N–H and O–H groups in total. The molecular weight excluding hydrogens is 394 g/mol. The minimum atomic E-state index is -4.03. The summed E-state index contributed by atoms with van der Waals surface area (Å²) in [7, 11) is -2.16. The quantitative estimate of drug-likeness (QED) is 0.499. The molecule has 0 saturated carbocycles. The highest BCUT2D eigenvalue weighted by Gasteiger charge is 2.29. The summed E-state index contributed by atoms with van der Waals surface area (Å²) in [5, 5.41) is 0. The van der Waals surface area contributed by atoms with E-state index in [0.717, 1.165) is 24.8 Å². The highest BCUT2D eigenvalue weighted by Crippen LogP contribution is 2.34. The molecule has 1 fully saturated rings. The molecule has 0 spiro atoms. The number of aryl methyl sites for hydroxylation is 1. The first-order valence-electron chi connectivity index (χ1n) is 9.40. The second kappa shape index (κ2) is 8.87. The van der Waals surface area contributed by atoms with Gasteiger partial charge in [0.15, 0.2) is 0 Å². The number of hydrogen-bond acceptors (Lipinski definition) is 8. The zero-order chi connectivity index (χ0) is 21.0. The molecular formula is C20H25N3O5S. The van der Waals surface area contributed by atoms with Crippen molar-refractivity contribution in [2.24, 2.45) is 0 Å². The Morgan fingerprint density at radius 3 is 2.62 bits per heavy atom. The van der Waals surface area contributed by atoms with Crippen LogP contribution < -0.4 is 4.90 Å². The zero-order valence-electron chi connectivity index (χ0n) is 16.7. The van der Waals surface area contributed by atoms with Gasteiger partial charge in [-0.3, -0.25) is 4.79 Å². The van der Waals surface area contributed by atoms with Crippen LogP contribution in [0.3, 0.4) is 0 Å². The summed E-state index contributed by atoms with van der Waals surface area (Å²) in [5.41, 5.74) is 3.24. The lowest BCUT2D eigenvalue weighted by atomic mass is 9.99. The SMILES string of the molecule is Cc1ccc([C@@H]2CCC[C@H](N(C)c3ncnc(CS(=O)(=O)OC=O)c3C)O2)cc1. The molecule has 8 nitrogen and oxygen atoms in total. The summed E-state index contributed by atoms with van der Waals surface area (Å²) in [6.07, 6.45) is 3.91. The molecule has 1 aliphatic heterocycles. The second-order valence-electron chi connectivity index (χ2n) is 7.20. The third-order valence-corrected chi connectivity index (χ3v) is 6.11. The average molecular weight is 420 g/mol. The number of benzene rings is 1. The summed E-state index contributed by atoms with van der Waals surface area (Å²) >= 11 is 0. The van der Waals surface area contributed by atoms with Gasteiger partial charge in [0, 0.05) is 12.6 Å². The highest BCUT2D eigenvalue weighted by atomic mass is 32.2. The standard InChI is InChI=1S/C20H25N3O5S/c1-14-7-9-16(10-8-14)18-5-4-6-19(28-18)23(3)20-15(2)17(21-12-22-20)11-29(25,26)27-13-24/h7-10,12-13,18-19H,4-6,11H2,1-3H3/t18-,19+/m0/s1. The Balaban J connectivity index is 1.79. The fraction of sp³-hybridized carbons (Fsp3) is 0.450. The number of aromatic nitrogens is 2. The van der Waals surface area contributed by atoms with E-state index < -0.39 is 15.9 Å². The lowest BCUT2D eigenvalue weighted by Crippen LogP contribution is -2.38. The van der Waals surface area contributed by atoms with Crippen molar-refractivity contribution in [2.45, 2.75) is 51.2 Å². The Labute approximate surface area is 171 Å². The number of anilines is 1. The van der Waals surface area contributed by atoms with E-state index >= 15 is 0 Å². The van der Waals surface area contributed by atoms with Crippen molar-refractivity contribution in [3.05, 3.63) is 53.0 Å². The summed E-state index contributed by atoms with van der Waals surface area (Å²) in [5.74, 6) is 0.0872. The lowest BCUT2D eigenvalue weighted by molar-refractivity contribution is -0.120. The minimum absolute atomic E-state index is 0.000201. The molecule has 2 atom stereocenters. The van der Waals surface area contributed by atoms with E-state index in [4.69, 9.17) is 4.74 Å². The molecule has 0 bridgehead atoms. The monoisotopic (exact) mass is 419 g/mol. The lowest BCUT2D eigenvalue weighted by Gasteiger charge is -2.37. The molecule has 1 aliphatic rings. The number of rotatable bonds is 7. The van der Waals surface area contributed by atoms with E-state index in [9.17, 15) is 13.2 Å². The number of ether oxygens (including phenoxy) is 1. The maximum absolute atomic E-state index is 11.8. The fourth-order valence-corrected chi connectivity index (χ4v) is 4.30. The van der Waals surface area contributed by atoms with Crippen molar-refractivity contribution < 1.29 is 22.1 Å². The van der Waals surface area contributed by atoms with Crippen molar-refractivity contribution in [3.8, 4) is 0 Å². The van der Waals surface area contributed by atoms with E-state index in [-0.39, 0.29) is 24.5 Å². The van der Waals surface area contributed by atoms with Crippen molar-refractivity contribution in [3.63, 3.8) is 0 Å². The third-order valence-electron chi connectivity index (χ3n) is 5.12. The highest BCUT2D eigenvalue weighted by molar-refractivity contribution is 7.86. The predicted octanol–water partition coefficient (Wildman–Crippen LogP) is 2.80. The van der Waals surface area contributed by atoms with Crippen LogP contribution in [0.1, 0.15) is 47.8 Å². The predicted molar refractivity (Wildman–Crippen MR) is 108 cm³/mol. The summed E-state index contributed by atoms with van der Waals surface area (Å²) in [6, 6.07) is 8.34. The van der Waals surface area contributed by atoms with Crippen LogP contribution in [0.25, 0.3) is 0 Å². The molecule has 0 aliphatic carbocycles. The minimum Gasteiger partial charge on any atom is -0.350 e. The van der Waals surface area contributed by atoms with Crippen molar-refractivity contribution in [1.82, 2.24) is 9.97 Å². The fourth-order valence-electron chi connectivity index (χ4n) is 3.49. The molecule has 1 saturated heterocycles. The van der Waals surface area contributed by atoms with Gasteiger partial charge in [0.05, 0.1) is 11.8 Å². The molecule has 2 aromatic rings. The molecule has 1 aromatic heterocycles. The first kappa shape index (κ1) is 21.2. The van der Waals surface area contributed by atoms with Crippen LogP contribution in [0.5, 0.6) is 0 Å². The molecule has 0 amide bonds. The van der Waals surface area contributed by atoms with Gasteiger partial charge < -0.3 is 13.8 Å². The van der Waals surface area contributed by atoms with Crippen LogP contribution in [-0.4, -0.2) is 38.1 Å². The number of nitrogens with zero attached hydrogens (tertiary/aromatic N) is 3. The Kier molecular flexibility index (Phi) is 6.49. The van der Waals surface area contributed by atoms with E-state index in [0.29, 0.717) is 11.4 Å². The van der Waals surface area contributed by atoms with Crippen LogP contribution in [0.15, 0.2) is 30.6 Å². The summed E-state index contributed by atoms with van der Waals surface area (Å²) in [6.45, 7) is 3.70. The molecule has 156 valence electrons. The van der Waals surface area contributed by atoms with Gasteiger partial charge in [0.2, 0.25) is 0 Å². The maximum Gasteiger partial charge on any atom is 0.317 e. The van der Waals surface area contributed by atoms with E-state index in [2.05, 4.69) is 45.3 Å². The van der Waals surface area contributed by atoms with Crippen molar-refractivity contribution >= 4 is 22.4 Å². The Hall–Kier alpha value is -2.52. The third kappa shape index (κ3) is 5.10. The molecule has 2 heterocycles. The average Bonchev–Trinajstić information content (AvgIpc) is 2.69. The Morgan fingerprint density at radius 1 is 1.21 bits per heavy atom. The molecule has 9 heteroatoms. The first-order valence-corrected chi connectivity index (χ1v) is 11.0. The molecule has 0 unspecified atom stereocenters. The van der Waals surface area contributed by atoms with Crippen LogP contribution in [-0.2, 0) is 29.6 Å². The number of carbonyl (C=O) groups is 1. The van der Waals surface area contributed by atoms with E-state index in [1.807, 2.05) is 11.9 Å². The molecule has 29 heavy (non-hydrogen) atoms. The van der Waals surface area contributed by atoms with Gasteiger partial charge in [-0.1, -0.05) is 29.8 Å². The van der Waals surface area contributed by atoms with Crippen LogP contribution in [0.2, 0.25) is 0 Å². The largest absolute Gasteiger partial charge is 0.350 e. The van der Waals surface area contributed by atoms with Gasteiger partial charge in [-0.15, -0.1) is 0 Å². The van der Waals surface area contributed by atoms with Gasteiger partial charge in [0.1, 0.15) is 24.1 Å². The number of hydrogen-bond donors (Lipinski definition) is 0. The molecule has 0 radical (unpaired) electrons. The maximum atomic E-state index is 11.8. The summed E-state index contributed by atoms with van der Waals surface area (Å²) in [4.78, 5) is 20.7. The van der Waals surface area contributed by atoms with Crippen LogP contribution in [0.4, 0.5) is 5.82 Å². The second-order valence-corrected chi connectivity index (χ2v) is 8.79. The summed E-state index contributed by atoms with van der Waals surface area (Å²) < 4.78 is 34.1. The van der Waals surface area contributed by atoms with Crippen LogP contribution in [0, 0.1) is 13.8 Å². The van der Waals surface area contributed by atoms with Gasteiger partial charge in [0.25, 0.3) is 0 Å². The van der Waals surface area contributed by atoms with E-state index in [1.165, 1.54) is 11.9 Å². The van der Waals surface area contributed by atoms with Crippen molar-refractivity contribution in [1.29, 1.82) is 0 Å². The van der Waals surface area contributed by atoms with Crippen molar-refractivity contribution in [2.75, 3.05) is 11.9 Å². The Morgan fingerprint density at radius 2 is 1.93 bits per heavy atom. The van der Waals surface area contributed by atoms with E-state index in [1.54, 1.807) is 6.92 Å². The molecule has 3 rings (SSSR count). The van der Waals surface area contributed by atoms with Gasteiger partial charge in [-0.2, -0.15) is 8.42 Å². The van der Waals surface area contributed by atoms with Gasteiger partial charge >= 0.3 is 16.6 Å². The van der Waals surface area contributed by atoms with Gasteiger partial charge in [-0.25, -0.2) is 9.97 Å². The van der Waals surface area contributed by atoms with Crippen LogP contribution >= 0.6 is 0 Å². The normalized spacial score (nSPS) is 19.6. The first-order chi connectivity index (χ1) is 13.8. The van der Waals surface area contributed by atoms with Gasteiger partial charge in [-0.05, 0) is 38.7 Å². The Bertz CT molecular complexity index is 963. The molecule has 1 aromatic carbocycles.